The van der Waals surface area contributed by atoms with Gasteiger partial charge in [-0.15, -0.1) is 0 Å². The second kappa shape index (κ2) is 5.61. The van der Waals surface area contributed by atoms with Gasteiger partial charge in [0.05, 0.1) is 30.8 Å². The van der Waals surface area contributed by atoms with Crippen molar-refractivity contribution in [3.63, 3.8) is 0 Å². The average Bonchev–Trinajstić information content (AvgIpc) is 2.46. The van der Waals surface area contributed by atoms with Crippen LogP contribution in [0, 0.1) is 5.92 Å². The predicted molar refractivity (Wildman–Crippen MR) is 74.3 cm³/mol. The minimum atomic E-state index is -1.26. The van der Waals surface area contributed by atoms with E-state index in [1.165, 1.54) is 14.0 Å². The first kappa shape index (κ1) is 15.7. The van der Waals surface area contributed by atoms with E-state index >= 15 is 0 Å². The van der Waals surface area contributed by atoms with E-state index < -0.39 is 46.9 Å². The summed E-state index contributed by atoms with van der Waals surface area (Å²) in [6.07, 6.45) is 0.944. The highest BCUT2D eigenvalue weighted by Gasteiger charge is 2.41. The number of aliphatic hydroxyl groups excluding tert-OH is 1. The number of hydrogen-bond donors (Lipinski definition) is 3. The first-order chi connectivity index (χ1) is 10.3. The van der Waals surface area contributed by atoms with Crippen molar-refractivity contribution in [1.29, 1.82) is 0 Å². The fraction of sp³-hybridized carbons (Fsp3) is 0.267. The fourth-order valence-corrected chi connectivity index (χ4v) is 2.44. The number of carbonyl (C=O) groups excluding carboxylic acids is 3. The van der Waals surface area contributed by atoms with Gasteiger partial charge in [0.2, 0.25) is 0 Å². The van der Waals surface area contributed by atoms with Crippen LogP contribution >= 0.6 is 0 Å². The molecule has 1 aliphatic rings. The number of allylic oxidation sites excluding steroid dienone is 1. The molecule has 2 rings (SSSR count). The molecule has 1 aromatic carbocycles. The Labute approximate surface area is 125 Å². The van der Waals surface area contributed by atoms with Gasteiger partial charge < -0.3 is 20.1 Å². The Kier molecular flexibility index (Phi) is 4.01. The van der Waals surface area contributed by atoms with E-state index in [9.17, 15) is 29.7 Å². The van der Waals surface area contributed by atoms with Gasteiger partial charge >= 0.3 is 0 Å². The summed E-state index contributed by atoms with van der Waals surface area (Å²) in [6.45, 7) is 0.493. The highest BCUT2D eigenvalue weighted by atomic mass is 16.5. The van der Waals surface area contributed by atoms with Gasteiger partial charge in [0, 0.05) is 11.6 Å². The number of fused-ring (bicyclic) bond motifs is 1. The molecule has 1 aromatic rings. The summed E-state index contributed by atoms with van der Waals surface area (Å²) >= 11 is 0. The van der Waals surface area contributed by atoms with E-state index in [4.69, 9.17) is 4.74 Å². The van der Waals surface area contributed by atoms with Gasteiger partial charge in [0.1, 0.15) is 5.75 Å². The van der Waals surface area contributed by atoms with Gasteiger partial charge in [-0.05, 0) is 13.0 Å². The van der Waals surface area contributed by atoms with Crippen molar-refractivity contribution in [2.45, 2.75) is 6.92 Å². The van der Waals surface area contributed by atoms with Crippen molar-refractivity contribution in [3.8, 4) is 17.2 Å². The molecule has 0 aromatic heterocycles. The SMILES string of the molecule is COc1cc(O)c2c(c1O)C(=O)/C(=C/C(C)=O)[C@@H](CO)C2=O. The number of ether oxygens (including phenoxy) is 1. The molecule has 116 valence electrons. The van der Waals surface area contributed by atoms with Gasteiger partial charge in [-0.3, -0.25) is 14.4 Å². The lowest BCUT2D eigenvalue weighted by Crippen LogP contribution is -2.32. The minimum Gasteiger partial charge on any atom is -0.507 e. The van der Waals surface area contributed by atoms with Crippen molar-refractivity contribution in [1.82, 2.24) is 0 Å². The third-order valence-corrected chi connectivity index (χ3v) is 3.43. The van der Waals surface area contributed by atoms with E-state index in [1.54, 1.807) is 0 Å². The van der Waals surface area contributed by atoms with Crippen LogP contribution in [0.4, 0.5) is 0 Å². The summed E-state index contributed by atoms with van der Waals surface area (Å²) in [6, 6.07) is 1.01. The summed E-state index contributed by atoms with van der Waals surface area (Å²) < 4.78 is 4.84. The molecule has 22 heavy (non-hydrogen) atoms. The normalized spacial score (nSPS) is 19.2. The number of carbonyl (C=O) groups is 3. The zero-order valence-corrected chi connectivity index (χ0v) is 11.9. The maximum atomic E-state index is 12.5. The standard InChI is InChI=1S/C15H14O7/c1-6(17)3-7-8(5-16)14(20)11-9(18)4-10(22-2)15(21)12(11)13(7)19/h3-4,8,16,18,21H,5H2,1-2H3/b7-3+/t8-/m1/s1. The Balaban J connectivity index is 2.82. The van der Waals surface area contributed by atoms with Crippen LogP contribution in [0.2, 0.25) is 0 Å². The van der Waals surface area contributed by atoms with E-state index in [1.807, 2.05) is 0 Å². The maximum absolute atomic E-state index is 12.5. The number of methoxy groups -OCH3 is 1. The molecule has 7 nitrogen and oxygen atoms in total. The van der Waals surface area contributed by atoms with Crippen LogP contribution < -0.4 is 4.74 Å². The van der Waals surface area contributed by atoms with Crippen LogP contribution in [-0.2, 0) is 4.79 Å². The van der Waals surface area contributed by atoms with Gasteiger partial charge in [0.15, 0.2) is 28.8 Å². The maximum Gasteiger partial charge on any atom is 0.194 e. The lowest BCUT2D eigenvalue weighted by molar-refractivity contribution is -0.112. The predicted octanol–water partition coefficient (Wildman–Crippen LogP) is 0.609. The zero-order valence-electron chi connectivity index (χ0n) is 11.9. The van der Waals surface area contributed by atoms with Gasteiger partial charge in [-0.2, -0.15) is 0 Å². The minimum absolute atomic E-state index is 0.179. The molecule has 0 bridgehead atoms. The Hall–Kier alpha value is -2.67. The zero-order chi connectivity index (χ0) is 16.6. The molecule has 0 aliphatic heterocycles. The van der Waals surface area contributed by atoms with Crippen LogP contribution in [0.5, 0.6) is 17.2 Å². The molecule has 3 N–H and O–H groups in total. The van der Waals surface area contributed by atoms with E-state index in [2.05, 4.69) is 0 Å². The molecule has 0 radical (unpaired) electrons. The smallest absolute Gasteiger partial charge is 0.194 e. The largest absolute Gasteiger partial charge is 0.507 e. The average molecular weight is 306 g/mol. The highest BCUT2D eigenvalue weighted by molar-refractivity contribution is 6.27. The summed E-state index contributed by atoms with van der Waals surface area (Å²) in [5.74, 6) is -4.62. The van der Waals surface area contributed by atoms with Crippen LogP contribution in [-0.4, -0.2) is 46.4 Å². The van der Waals surface area contributed by atoms with E-state index in [-0.39, 0.29) is 16.9 Å². The molecular weight excluding hydrogens is 292 g/mol. The first-order valence-corrected chi connectivity index (χ1v) is 6.38. The molecule has 0 unspecified atom stereocenters. The second-order valence-corrected chi connectivity index (χ2v) is 4.84. The quantitative estimate of drug-likeness (QED) is 0.552. The number of hydrogen-bond acceptors (Lipinski definition) is 7. The highest BCUT2D eigenvalue weighted by Crippen LogP contribution is 2.44. The van der Waals surface area contributed by atoms with E-state index in [0.29, 0.717) is 0 Å². The molecule has 0 saturated heterocycles. The van der Waals surface area contributed by atoms with Gasteiger partial charge in [-0.1, -0.05) is 0 Å². The Morgan fingerprint density at radius 3 is 2.45 bits per heavy atom. The lowest BCUT2D eigenvalue weighted by Gasteiger charge is -2.25. The lowest BCUT2D eigenvalue weighted by atomic mass is 9.77. The van der Waals surface area contributed by atoms with Crippen molar-refractivity contribution in [2.75, 3.05) is 13.7 Å². The number of ketones is 3. The van der Waals surface area contributed by atoms with Crippen molar-refractivity contribution >= 4 is 17.3 Å². The Bertz CT molecular complexity index is 715. The molecule has 0 amide bonds. The third-order valence-electron chi connectivity index (χ3n) is 3.43. The second-order valence-electron chi connectivity index (χ2n) is 4.84. The number of aromatic hydroxyl groups is 2. The summed E-state index contributed by atoms with van der Waals surface area (Å²) in [5, 5.41) is 29.4. The molecular formula is C15H14O7. The Morgan fingerprint density at radius 2 is 1.95 bits per heavy atom. The van der Waals surface area contributed by atoms with Crippen molar-refractivity contribution in [2.24, 2.45) is 5.92 Å². The van der Waals surface area contributed by atoms with Crippen LogP contribution in [0.1, 0.15) is 27.6 Å². The molecule has 1 aliphatic carbocycles. The number of rotatable bonds is 3. The van der Waals surface area contributed by atoms with Gasteiger partial charge in [0.25, 0.3) is 0 Å². The van der Waals surface area contributed by atoms with Crippen LogP contribution in [0.3, 0.4) is 0 Å². The third kappa shape index (κ3) is 2.25. The fourth-order valence-electron chi connectivity index (χ4n) is 2.44. The van der Waals surface area contributed by atoms with Crippen molar-refractivity contribution < 1.29 is 34.4 Å². The van der Waals surface area contributed by atoms with Crippen LogP contribution in [0.15, 0.2) is 17.7 Å². The Morgan fingerprint density at radius 1 is 1.32 bits per heavy atom. The van der Waals surface area contributed by atoms with E-state index in [0.717, 1.165) is 12.1 Å². The monoisotopic (exact) mass is 306 g/mol. The number of aliphatic hydroxyl groups is 1. The van der Waals surface area contributed by atoms with Gasteiger partial charge in [-0.25, -0.2) is 0 Å². The topological polar surface area (TPSA) is 121 Å². The summed E-state index contributed by atoms with van der Waals surface area (Å²) in [7, 11) is 1.22. The molecule has 0 spiro atoms. The number of Topliss-reactive ketones (excluding diaryl/α,β-unsaturated/α-hetero) is 2. The molecule has 0 heterocycles. The number of phenols is 2. The molecule has 1 atom stereocenters. The summed E-state index contributed by atoms with van der Waals surface area (Å²) in [4.78, 5) is 36.1. The first-order valence-electron chi connectivity index (χ1n) is 6.38. The molecule has 0 saturated carbocycles. The molecule has 7 heteroatoms. The summed E-state index contributed by atoms with van der Waals surface area (Å²) in [5.41, 5.74) is -1.04. The molecule has 0 fully saturated rings. The number of phenolic OH excluding ortho intramolecular Hbond substituents is 2. The van der Waals surface area contributed by atoms with Crippen molar-refractivity contribution in [3.05, 3.63) is 28.8 Å². The van der Waals surface area contributed by atoms with Crippen LogP contribution in [0.25, 0.3) is 0 Å². The number of benzene rings is 1.